The highest BCUT2D eigenvalue weighted by Crippen LogP contribution is 2.25. The number of aromatic nitrogens is 3. The van der Waals surface area contributed by atoms with E-state index >= 15 is 0 Å². The molecule has 0 unspecified atom stereocenters. The molecule has 0 aliphatic heterocycles. The molecule has 164 valence electrons. The first-order valence-corrected chi connectivity index (χ1v) is 9.92. The molecule has 0 bridgehead atoms. The second-order valence-corrected chi connectivity index (χ2v) is 7.00. The molecular formula is C24H25IN6O. The number of ether oxygens (including phenoxy) is 1. The van der Waals surface area contributed by atoms with E-state index in [2.05, 4.69) is 56.8 Å². The molecule has 0 atom stereocenters. The summed E-state index contributed by atoms with van der Waals surface area (Å²) < 4.78 is 6.97. The van der Waals surface area contributed by atoms with Crippen molar-refractivity contribution in [3.05, 3.63) is 96.6 Å². The largest absolute Gasteiger partial charge is 0.497 e. The maximum Gasteiger partial charge on any atom is 0.193 e. The molecule has 0 fully saturated rings. The van der Waals surface area contributed by atoms with Gasteiger partial charge in [0.25, 0.3) is 0 Å². The molecule has 0 radical (unpaired) electrons. The van der Waals surface area contributed by atoms with Crippen LogP contribution in [0.15, 0.2) is 90.4 Å². The Morgan fingerprint density at radius 1 is 1.03 bits per heavy atom. The molecule has 4 rings (SSSR count). The monoisotopic (exact) mass is 540 g/mol. The number of guanidine groups is 1. The van der Waals surface area contributed by atoms with Gasteiger partial charge in [0.05, 0.1) is 20.2 Å². The molecule has 0 saturated carbocycles. The molecule has 0 amide bonds. The predicted octanol–water partition coefficient (Wildman–Crippen LogP) is 4.55. The molecule has 0 saturated heterocycles. The molecule has 0 aliphatic rings. The van der Waals surface area contributed by atoms with Gasteiger partial charge < -0.3 is 15.8 Å². The Kier molecular flexibility index (Phi) is 8.20. The molecule has 7 nitrogen and oxygen atoms in total. The molecule has 1 aromatic heterocycles. The minimum Gasteiger partial charge on any atom is -0.497 e. The predicted molar refractivity (Wildman–Crippen MR) is 138 cm³/mol. The van der Waals surface area contributed by atoms with Crippen molar-refractivity contribution in [1.29, 1.82) is 0 Å². The first-order chi connectivity index (χ1) is 15.2. The summed E-state index contributed by atoms with van der Waals surface area (Å²) in [6.07, 6.45) is 3.26. The van der Waals surface area contributed by atoms with Crippen molar-refractivity contribution in [3.63, 3.8) is 0 Å². The molecule has 32 heavy (non-hydrogen) atoms. The molecule has 8 heteroatoms. The van der Waals surface area contributed by atoms with E-state index in [1.54, 1.807) is 24.4 Å². The zero-order chi connectivity index (χ0) is 21.5. The number of rotatable bonds is 7. The minimum absolute atomic E-state index is 0. The van der Waals surface area contributed by atoms with Crippen LogP contribution in [0.4, 0.5) is 5.69 Å². The molecule has 1 heterocycles. The fourth-order valence-corrected chi connectivity index (χ4v) is 3.26. The van der Waals surface area contributed by atoms with Crippen molar-refractivity contribution < 1.29 is 4.74 Å². The summed E-state index contributed by atoms with van der Waals surface area (Å²) >= 11 is 0. The fraction of sp³-hybridized carbons (Fsp3) is 0.125. The van der Waals surface area contributed by atoms with E-state index in [1.807, 2.05) is 36.4 Å². The van der Waals surface area contributed by atoms with Crippen LogP contribution in [0, 0.1) is 0 Å². The van der Waals surface area contributed by atoms with Crippen LogP contribution in [0.1, 0.15) is 11.1 Å². The van der Waals surface area contributed by atoms with E-state index < -0.39 is 0 Å². The van der Waals surface area contributed by atoms with Crippen LogP contribution in [0.25, 0.3) is 11.1 Å². The van der Waals surface area contributed by atoms with E-state index in [0.717, 1.165) is 33.7 Å². The number of nitrogens with one attached hydrogen (secondary N) is 1. The third-order valence-corrected chi connectivity index (χ3v) is 4.88. The smallest absolute Gasteiger partial charge is 0.193 e. The third-order valence-electron chi connectivity index (χ3n) is 4.88. The van der Waals surface area contributed by atoms with E-state index in [-0.39, 0.29) is 24.0 Å². The van der Waals surface area contributed by atoms with Crippen LogP contribution in [0.3, 0.4) is 0 Å². The lowest BCUT2D eigenvalue weighted by Crippen LogP contribution is -2.22. The van der Waals surface area contributed by atoms with Gasteiger partial charge in [0.2, 0.25) is 0 Å². The number of nitrogens with two attached hydrogens (primary N) is 1. The van der Waals surface area contributed by atoms with Gasteiger partial charge in [-0.25, -0.2) is 14.7 Å². The number of anilines is 1. The molecule has 3 N–H and O–H groups in total. The summed E-state index contributed by atoms with van der Waals surface area (Å²) in [6, 6.07) is 24.2. The number of halogens is 1. The Balaban J connectivity index is 0.00000289. The van der Waals surface area contributed by atoms with E-state index in [0.29, 0.717) is 19.0 Å². The SMILES string of the molecule is COc1ccc(NC(N)=NCc2ccccc2-c2ccc(Cn3cncn3)cc2)cc1.I. The van der Waals surface area contributed by atoms with Gasteiger partial charge in [-0.05, 0) is 46.5 Å². The fourth-order valence-electron chi connectivity index (χ4n) is 3.26. The van der Waals surface area contributed by atoms with Crippen molar-refractivity contribution >= 4 is 35.6 Å². The van der Waals surface area contributed by atoms with E-state index in [4.69, 9.17) is 10.5 Å². The second-order valence-electron chi connectivity index (χ2n) is 7.00. The third kappa shape index (κ3) is 6.07. The number of aliphatic imine (C=N–C) groups is 1. The summed E-state index contributed by atoms with van der Waals surface area (Å²) in [4.78, 5) is 8.50. The average Bonchev–Trinajstić information content (AvgIpc) is 3.32. The maximum atomic E-state index is 6.09. The summed E-state index contributed by atoms with van der Waals surface area (Å²) in [5.74, 6) is 1.16. The van der Waals surface area contributed by atoms with Gasteiger partial charge in [-0.15, -0.1) is 24.0 Å². The standard InChI is InChI=1S/C24H24N6O.HI/c1-31-22-12-10-21(11-13-22)29-24(25)27-14-20-4-2-3-5-23(20)19-8-6-18(7-9-19)15-30-17-26-16-28-30;/h2-13,16-17H,14-15H2,1H3,(H3,25,27,29);1H. The quantitative estimate of drug-likeness (QED) is 0.204. The summed E-state index contributed by atoms with van der Waals surface area (Å²) in [5.41, 5.74) is 11.5. The molecule has 0 aliphatic carbocycles. The Morgan fingerprint density at radius 3 is 2.47 bits per heavy atom. The number of methoxy groups -OCH3 is 1. The van der Waals surface area contributed by atoms with Crippen molar-refractivity contribution in [2.24, 2.45) is 10.7 Å². The van der Waals surface area contributed by atoms with Gasteiger partial charge in [-0.3, -0.25) is 0 Å². The zero-order valence-corrected chi connectivity index (χ0v) is 20.0. The normalized spacial score (nSPS) is 11.0. The average molecular weight is 540 g/mol. The van der Waals surface area contributed by atoms with Crippen LogP contribution < -0.4 is 15.8 Å². The Labute approximate surface area is 204 Å². The highest BCUT2D eigenvalue weighted by Gasteiger charge is 2.06. The molecule has 3 aromatic carbocycles. The highest BCUT2D eigenvalue weighted by molar-refractivity contribution is 14.0. The van der Waals surface area contributed by atoms with Crippen molar-refractivity contribution in [2.45, 2.75) is 13.1 Å². The Hall–Kier alpha value is -3.40. The Morgan fingerprint density at radius 2 is 1.78 bits per heavy atom. The van der Waals surface area contributed by atoms with Crippen LogP contribution in [0.2, 0.25) is 0 Å². The van der Waals surface area contributed by atoms with Crippen molar-refractivity contribution in [1.82, 2.24) is 14.8 Å². The van der Waals surface area contributed by atoms with Crippen LogP contribution >= 0.6 is 24.0 Å². The number of hydrogen-bond acceptors (Lipinski definition) is 4. The van der Waals surface area contributed by atoms with Crippen LogP contribution in [-0.4, -0.2) is 27.8 Å². The van der Waals surface area contributed by atoms with Gasteiger partial charge in [0.15, 0.2) is 5.96 Å². The number of benzene rings is 3. The second kappa shape index (κ2) is 11.3. The summed E-state index contributed by atoms with van der Waals surface area (Å²) in [6.45, 7) is 1.17. The van der Waals surface area contributed by atoms with Crippen molar-refractivity contribution in [2.75, 3.05) is 12.4 Å². The lowest BCUT2D eigenvalue weighted by atomic mass is 9.98. The molecule has 4 aromatic rings. The van der Waals surface area contributed by atoms with E-state index in [9.17, 15) is 0 Å². The van der Waals surface area contributed by atoms with Gasteiger partial charge >= 0.3 is 0 Å². The Bertz CT molecular complexity index is 1140. The summed E-state index contributed by atoms with van der Waals surface area (Å²) in [5, 5.41) is 7.26. The van der Waals surface area contributed by atoms with Crippen LogP contribution in [0.5, 0.6) is 5.75 Å². The highest BCUT2D eigenvalue weighted by atomic mass is 127. The van der Waals surface area contributed by atoms with Gasteiger partial charge in [0.1, 0.15) is 18.4 Å². The topological polar surface area (TPSA) is 90.3 Å². The number of hydrogen-bond donors (Lipinski definition) is 2. The first-order valence-electron chi connectivity index (χ1n) is 9.92. The van der Waals surface area contributed by atoms with Crippen molar-refractivity contribution in [3.8, 4) is 16.9 Å². The van der Waals surface area contributed by atoms with E-state index in [1.165, 1.54) is 0 Å². The zero-order valence-electron chi connectivity index (χ0n) is 17.7. The minimum atomic E-state index is 0. The molecule has 0 spiro atoms. The van der Waals surface area contributed by atoms with Crippen LogP contribution in [-0.2, 0) is 13.1 Å². The summed E-state index contributed by atoms with van der Waals surface area (Å²) in [7, 11) is 1.64. The lowest BCUT2D eigenvalue weighted by molar-refractivity contribution is 0.415. The van der Waals surface area contributed by atoms with Gasteiger partial charge in [-0.1, -0.05) is 48.5 Å². The lowest BCUT2D eigenvalue weighted by Gasteiger charge is -2.10. The molecular weight excluding hydrogens is 515 g/mol. The number of nitrogens with zero attached hydrogens (tertiary/aromatic N) is 4. The van der Waals surface area contributed by atoms with Gasteiger partial charge in [0, 0.05) is 5.69 Å². The van der Waals surface area contributed by atoms with Gasteiger partial charge in [-0.2, -0.15) is 5.10 Å². The first kappa shape index (κ1) is 23.3. The maximum absolute atomic E-state index is 6.09.